The molecule has 2 unspecified atom stereocenters. The molecule has 4 heteroatoms. The largest absolute Gasteiger partial charge is 0.376 e. The minimum Gasteiger partial charge on any atom is -0.376 e. The van der Waals surface area contributed by atoms with Gasteiger partial charge in [-0.15, -0.1) is 4.48 Å². The lowest BCUT2D eigenvalue weighted by atomic mass is 10.5. The third-order valence-corrected chi connectivity index (χ3v) is 0.714. The lowest BCUT2D eigenvalue weighted by Gasteiger charge is -2.16. The molecule has 0 bridgehead atoms. The van der Waals surface area contributed by atoms with Gasteiger partial charge in [0.05, 0.1) is 0 Å². The zero-order chi connectivity index (χ0) is 6.73. The zero-order valence-corrected chi connectivity index (χ0v) is 4.87. The van der Waals surface area contributed by atoms with Crippen molar-refractivity contribution in [2.45, 2.75) is 26.3 Å². The molecule has 0 radical (unpaired) electrons. The van der Waals surface area contributed by atoms with E-state index >= 15 is 0 Å². The number of rotatable bonds is 2. The Labute approximate surface area is 47.3 Å². The summed E-state index contributed by atoms with van der Waals surface area (Å²) < 4.78 is 12.0. The first-order valence-electron chi connectivity index (χ1n) is 2.36. The molecule has 0 aliphatic heterocycles. The first-order chi connectivity index (χ1) is 3.55. The molecule has 0 aromatic carbocycles. The Bertz CT molecular complexity index is 59.1. The van der Waals surface area contributed by atoms with Crippen LogP contribution in [0.25, 0.3) is 0 Å². The second-order valence-electron chi connectivity index (χ2n) is 1.61. The summed E-state index contributed by atoms with van der Waals surface area (Å²) in [5, 5.41) is 16.7. The van der Waals surface area contributed by atoms with Gasteiger partial charge in [-0.05, 0) is 13.8 Å². The molecule has 50 valence electrons. The lowest BCUT2D eigenvalue weighted by Crippen LogP contribution is -2.32. The van der Waals surface area contributed by atoms with Crippen molar-refractivity contribution < 1.29 is 14.7 Å². The van der Waals surface area contributed by atoms with E-state index in [9.17, 15) is 4.48 Å². The van der Waals surface area contributed by atoms with Crippen LogP contribution in [0.15, 0.2) is 0 Å². The molecule has 2 N–H and O–H groups in total. The Kier molecular flexibility index (Phi) is 2.89. The highest BCUT2D eigenvalue weighted by molar-refractivity contribution is 4.42. The molecule has 3 nitrogen and oxygen atoms in total. The number of aliphatic hydroxyl groups excluding tert-OH is 2. The summed E-state index contributed by atoms with van der Waals surface area (Å²) >= 11 is 0. The molecule has 0 aliphatic rings. The van der Waals surface area contributed by atoms with Crippen molar-refractivity contribution in [3.8, 4) is 0 Å². The van der Waals surface area contributed by atoms with Crippen molar-refractivity contribution in [1.82, 2.24) is 5.12 Å². The van der Waals surface area contributed by atoms with Gasteiger partial charge in [0.2, 0.25) is 0 Å². The molecule has 0 spiro atoms. The Morgan fingerprint density at radius 1 is 1.25 bits per heavy atom. The van der Waals surface area contributed by atoms with Gasteiger partial charge < -0.3 is 10.2 Å². The summed E-state index contributed by atoms with van der Waals surface area (Å²) in [6, 6.07) is 0. The average Bonchev–Trinajstić information content (AvgIpc) is 1.64. The van der Waals surface area contributed by atoms with Crippen LogP contribution in [-0.4, -0.2) is 27.8 Å². The molecule has 0 saturated heterocycles. The fourth-order valence-electron chi connectivity index (χ4n) is 0.312. The van der Waals surface area contributed by atoms with Crippen molar-refractivity contribution in [2.75, 3.05) is 0 Å². The Hall–Kier alpha value is -0.190. The zero-order valence-electron chi connectivity index (χ0n) is 4.87. The van der Waals surface area contributed by atoms with Gasteiger partial charge >= 0.3 is 0 Å². The SMILES string of the molecule is CC(O)N(F)C(C)O. The number of hydrogen-bond donors (Lipinski definition) is 2. The standard InChI is InChI=1S/C4H10FNO2/c1-3(7)6(5)4(2)8/h3-4,7-8H,1-2H3. The van der Waals surface area contributed by atoms with Gasteiger partial charge in [-0.25, -0.2) is 0 Å². The molecule has 0 aromatic heterocycles. The Morgan fingerprint density at radius 2 is 1.50 bits per heavy atom. The predicted octanol–water partition coefficient (Wildman–Crippen LogP) is -0.150. The van der Waals surface area contributed by atoms with Crippen molar-refractivity contribution in [3.63, 3.8) is 0 Å². The molecule has 0 saturated carbocycles. The first kappa shape index (κ1) is 7.81. The maximum Gasteiger partial charge on any atom is 0.134 e. The fourth-order valence-corrected chi connectivity index (χ4v) is 0.312. The van der Waals surface area contributed by atoms with Crippen LogP contribution in [0.4, 0.5) is 4.48 Å². The molecular formula is C4H10FNO2. The summed E-state index contributed by atoms with van der Waals surface area (Å²) in [7, 11) is 0. The van der Waals surface area contributed by atoms with Gasteiger partial charge in [0, 0.05) is 0 Å². The summed E-state index contributed by atoms with van der Waals surface area (Å²) in [6.07, 6.45) is -2.48. The van der Waals surface area contributed by atoms with Crippen LogP contribution in [0.2, 0.25) is 0 Å². The molecule has 0 heterocycles. The molecule has 0 aliphatic carbocycles. The van der Waals surface area contributed by atoms with Crippen molar-refractivity contribution >= 4 is 0 Å². The average molecular weight is 123 g/mol. The maximum absolute atomic E-state index is 12.0. The highest BCUT2D eigenvalue weighted by atomic mass is 19.2. The number of halogens is 1. The van der Waals surface area contributed by atoms with Gasteiger partial charge in [-0.1, -0.05) is 5.12 Å². The van der Waals surface area contributed by atoms with Crippen molar-refractivity contribution in [2.24, 2.45) is 0 Å². The van der Waals surface area contributed by atoms with Crippen LogP contribution in [0.5, 0.6) is 0 Å². The topological polar surface area (TPSA) is 43.7 Å². The Morgan fingerprint density at radius 3 is 1.50 bits per heavy atom. The number of nitrogens with zero attached hydrogens (tertiary/aromatic N) is 1. The number of aliphatic hydroxyl groups is 2. The van der Waals surface area contributed by atoms with Crippen LogP contribution < -0.4 is 0 Å². The summed E-state index contributed by atoms with van der Waals surface area (Å²) in [5.41, 5.74) is 0. The fraction of sp³-hybridized carbons (Fsp3) is 1.00. The van der Waals surface area contributed by atoms with Gasteiger partial charge in [0.25, 0.3) is 0 Å². The van der Waals surface area contributed by atoms with E-state index in [2.05, 4.69) is 0 Å². The van der Waals surface area contributed by atoms with Crippen LogP contribution >= 0.6 is 0 Å². The molecule has 8 heavy (non-hydrogen) atoms. The van der Waals surface area contributed by atoms with Crippen molar-refractivity contribution in [1.29, 1.82) is 0 Å². The summed E-state index contributed by atoms with van der Waals surface area (Å²) in [4.78, 5) is 0. The molecule has 0 amide bonds. The van der Waals surface area contributed by atoms with Gasteiger partial charge in [0.15, 0.2) is 0 Å². The van der Waals surface area contributed by atoms with E-state index in [-0.39, 0.29) is 5.12 Å². The van der Waals surface area contributed by atoms with Crippen LogP contribution in [0.3, 0.4) is 0 Å². The van der Waals surface area contributed by atoms with Gasteiger partial charge in [-0.2, -0.15) is 0 Å². The normalized spacial score (nSPS) is 18.8. The molecule has 2 atom stereocenters. The van der Waals surface area contributed by atoms with Crippen LogP contribution in [-0.2, 0) is 0 Å². The second-order valence-corrected chi connectivity index (χ2v) is 1.61. The van der Waals surface area contributed by atoms with E-state index in [4.69, 9.17) is 10.2 Å². The molecule has 0 rings (SSSR count). The van der Waals surface area contributed by atoms with E-state index in [1.165, 1.54) is 13.8 Å². The van der Waals surface area contributed by atoms with Crippen LogP contribution in [0, 0.1) is 0 Å². The van der Waals surface area contributed by atoms with E-state index in [0.29, 0.717) is 0 Å². The second kappa shape index (κ2) is 2.96. The Balaban J connectivity index is 3.46. The highest BCUT2D eigenvalue weighted by Gasteiger charge is 2.13. The minimum absolute atomic E-state index is 0.0556. The summed E-state index contributed by atoms with van der Waals surface area (Å²) in [6.45, 7) is 2.46. The third kappa shape index (κ3) is 2.20. The van der Waals surface area contributed by atoms with Gasteiger partial charge in [0.1, 0.15) is 12.5 Å². The maximum atomic E-state index is 12.0. The third-order valence-electron chi connectivity index (χ3n) is 0.714. The smallest absolute Gasteiger partial charge is 0.134 e. The molecule has 0 aromatic rings. The quantitative estimate of drug-likeness (QED) is 0.396. The number of hydrogen-bond acceptors (Lipinski definition) is 3. The lowest BCUT2D eigenvalue weighted by molar-refractivity contribution is -0.195. The van der Waals surface area contributed by atoms with E-state index < -0.39 is 12.5 Å². The first-order valence-corrected chi connectivity index (χ1v) is 2.36. The predicted molar refractivity (Wildman–Crippen MR) is 26.3 cm³/mol. The van der Waals surface area contributed by atoms with E-state index in [0.717, 1.165) is 0 Å². The van der Waals surface area contributed by atoms with E-state index in [1.54, 1.807) is 0 Å². The summed E-state index contributed by atoms with van der Waals surface area (Å²) in [5.74, 6) is 0. The monoisotopic (exact) mass is 123 g/mol. The minimum atomic E-state index is -1.24. The highest BCUT2D eigenvalue weighted by Crippen LogP contribution is 1.99. The van der Waals surface area contributed by atoms with Crippen LogP contribution in [0.1, 0.15) is 13.8 Å². The molecular weight excluding hydrogens is 113 g/mol. The van der Waals surface area contributed by atoms with Crippen molar-refractivity contribution in [3.05, 3.63) is 0 Å². The van der Waals surface area contributed by atoms with E-state index in [1.807, 2.05) is 0 Å². The molecule has 0 fully saturated rings. The van der Waals surface area contributed by atoms with Gasteiger partial charge in [-0.3, -0.25) is 0 Å².